The molecule has 0 radical (unpaired) electrons. The summed E-state index contributed by atoms with van der Waals surface area (Å²) >= 11 is 0. The number of nitrogens with zero attached hydrogens (tertiary/aromatic N) is 4. The predicted molar refractivity (Wildman–Crippen MR) is 61.6 cm³/mol. The molecule has 7 nitrogen and oxygen atoms in total. The predicted octanol–water partition coefficient (Wildman–Crippen LogP) is 0.333. The number of hydrogen-bond acceptors (Lipinski definition) is 6. The fraction of sp³-hybridized carbons (Fsp3) is 0.500. The van der Waals surface area contributed by atoms with E-state index in [9.17, 15) is 5.11 Å². The third-order valence-electron chi connectivity index (χ3n) is 2.32. The molecule has 0 atom stereocenters. The second-order valence-electron chi connectivity index (χ2n) is 4.18. The maximum atomic E-state index is 10.1. The molecule has 0 aliphatic carbocycles. The van der Waals surface area contributed by atoms with E-state index in [1.165, 1.54) is 4.52 Å². The Morgan fingerprint density at radius 1 is 1.47 bits per heavy atom. The SMILES string of the molecule is CCOc1cc(C(C)(C)O)c2nnc(N)n2n1. The molecule has 2 aromatic rings. The zero-order chi connectivity index (χ0) is 12.6. The van der Waals surface area contributed by atoms with Crippen molar-refractivity contribution in [2.24, 2.45) is 0 Å². The van der Waals surface area contributed by atoms with Crippen LogP contribution in [0.4, 0.5) is 5.95 Å². The average molecular weight is 237 g/mol. The van der Waals surface area contributed by atoms with E-state index >= 15 is 0 Å². The molecule has 0 fully saturated rings. The molecular formula is C10H15N5O2. The number of anilines is 1. The Balaban J connectivity index is 2.71. The van der Waals surface area contributed by atoms with Gasteiger partial charge >= 0.3 is 0 Å². The van der Waals surface area contributed by atoms with Gasteiger partial charge in [0.2, 0.25) is 11.8 Å². The number of rotatable bonds is 3. The molecule has 2 rings (SSSR count). The minimum atomic E-state index is -1.07. The van der Waals surface area contributed by atoms with Crippen LogP contribution in [0.5, 0.6) is 5.88 Å². The normalized spacial score (nSPS) is 12.0. The van der Waals surface area contributed by atoms with E-state index in [2.05, 4.69) is 15.3 Å². The second-order valence-corrected chi connectivity index (χ2v) is 4.18. The molecule has 0 saturated heterocycles. The van der Waals surface area contributed by atoms with Gasteiger partial charge in [-0.2, -0.15) is 4.52 Å². The summed E-state index contributed by atoms with van der Waals surface area (Å²) in [6, 6.07) is 1.65. The van der Waals surface area contributed by atoms with Gasteiger partial charge in [0, 0.05) is 11.6 Å². The molecule has 0 bridgehead atoms. The van der Waals surface area contributed by atoms with E-state index in [0.29, 0.717) is 23.7 Å². The fourth-order valence-electron chi connectivity index (χ4n) is 1.54. The van der Waals surface area contributed by atoms with Gasteiger partial charge in [0.15, 0.2) is 5.65 Å². The Morgan fingerprint density at radius 3 is 2.76 bits per heavy atom. The maximum absolute atomic E-state index is 10.1. The van der Waals surface area contributed by atoms with Crippen molar-refractivity contribution in [1.82, 2.24) is 19.8 Å². The van der Waals surface area contributed by atoms with Crippen LogP contribution in [0.15, 0.2) is 6.07 Å². The molecule has 0 unspecified atom stereocenters. The van der Waals surface area contributed by atoms with Gasteiger partial charge in [-0.05, 0) is 20.8 Å². The van der Waals surface area contributed by atoms with Crippen LogP contribution in [0.2, 0.25) is 0 Å². The highest BCUT2D eigenvalue weighted by molar-refractivity contribution is 5.53. The molecule has 92 valence electrons. The summed E-state index contributed by atoms with van der Waals surface area (Å²) in [6.07, 6.45) is 0. The van der Waals surface area contributed by atoms with Crippen LogP contribution >= 0.6 is 0 Å². The summed E-state index contributed by atoms with van der Waals surface area (Å²) in [5.41, 5.74) is 5.57. The molecule has 2 heterocycles. The third-order valence-corrected chi connectivity index (χ3v) is 2.32. The molecule has 7 heteroatoms. The van der Waals surface area contributed by atoms with Gasteiger partial charge < -0.3 is 15.6 Å². The Bertz CT molecular complexity index is 543. The molecule has 3 N–H and O–H groups in total. The quantitative estimate of drug-likeness (QED) is 0.798. The van der Waals surface area contributed by atoms with Gasteiger partial charge in [0.25, 0.3) is 0 Å². The second kappa shape index (κ2) is 3.85. The molecule has 17 heavy (non-hydrogen) atoms. The van der Waals surface area contributed by atoms with Gasteiger partial charge in [0.05, 0.1) is 12.2 Å². The summed E-state index contributed by atoms with van der Waals surface area (Å²) in [4.78, 5) is 0. The zero-order valence-electron chi connectivity index (χ0n) is 10.0. The number of hydrogen-bond donors (Lipinski definition) is 2. The highest BCUT2D eigenvalue weighted by Crippen LogP contribution is 2.26. The Morgan fingerprint density at radius 2 is 2.18 bits per heavy atom. The van der Waals surface area contributed by atoms with Crippen LogP contribution in [0.3, 0.4) is 0 Å². The highest BCUT2D eigenvalue weighted by Gasteiger charge is 2.24. The van der Waals surface area contributed by atoms with Crippen LogP contribution < -0.4 is 10.5 Å². The minimum Gasteiger partial charge on any atom is -0.477 e. The number of fused-ring (bicyclic) bond motifs is 1. The van der Waals surface area contributed by atoms with E-state index in [-0.39, 0.29) is 5.95 Å². The van der Waals surface area contributed by atoms with E-state index < -0.39 is 5.60 Å². The number of nitrogens with two attached hydrogens (primary N) is 1. The zero-order valence-corrected chi connectivity index (χ0v) is 10.0. The Kier molecular flexibility index (Phi) is 2.62. The number of aromatic nitrogens is 4. The van der Waals surface area contributed by atoms with Crippen molar-refractivity contribution in [3.8, 4) is 5.88 Å². The Labute approximate surface area is 98.2 Å². The lowest BCUT2D eigenvalue weighted by atomic mass is 10.0. The van der Waals surface area contributed by atoms with E-state index in [1.54, 1.807) is 19.9 Å². The van der Waals surface area contributed by atoms with Crippen LogP contribution in [0.1, 0.15) is 26.3 Å². The van der Waals surface area contributed by atoms with Crippen LogP contribution in [-0.2, 0) is 5.60 Å². The van der Waals surface area contributed by atoms with Crippen LogP contribution in [-0.4, -0.2) is 31.5 Å². The molecule has 0 saturated carbocycles. The van der Waals surface area contributed by atoms with E-state index in [1.807, 2.05) is 6.92 Å². The first-order chi connectivity index (χ1) is 7.93. The van der Waals surface area contributed by atoms with Gasteiger partial charge in [-0.15, -0.1) is 15.3 Å². The molecule has 0 aliphatic rings. The van der Waals surface area contributed by atoms with E-state index in [0.717, 1.165) is 0 Å². The summed E-state index contributed by atoms with van der Waals surface area (Å²) in [7, 11) is 0. The lowest BCUT2D eigenvalue weighted by molar-refractivity contribution is 0.0790. The van der Waals surface area contributed by atoms with Crippen LogP contribution in [0, 0.1) is 0 Å². The first kappa shape index (κ1) is 11.6. The number of ether oxygens (including phenoxy) is 1. The van der Waals surface area contributed by atoms with Gasteiger partial charge in [-0.1, -0.05) is 0 Å². The first-order valence-corrected chi connectivity index (χ1v) is 5.31. The van der Waals surface area contributed by atoms with Gasteiger partial charge in [0.1, 0.15) is 0 Å². The standard InChI is InChI=1S/C10H15N5O2/c1-4-17-7-5-6(10(2,3)16)8-12-13-9(11)15(8)14-7/h5,16H,4H2,1-3H3,(H2,11,13). The fourth-order valence-corrected chi connectivity index (χ4v) is 1.54. The lowest BCUT2D eigenvalue weighted by Crippen LogP contribution is -2.18. The van der Waals surface area contributed by atoms with Crippen molar-refractivity contribution < 1.29 is 9.84 Å². The molecule has 0 spiro atoms. The molecule has 0 amide bonds. The summed E-state index contributed by atoms with van der Waals surface area (Å²) in [5.74, 6) is 0.538. The molecule has 0 aromatic carbocycles. The minimum absolute atomic E-state index is 0.159. The van der Waals surface area contributed by atoms with Gasteiger partial charge in [-0.3, -0.25) is 0 Å². The Hall–Kier alpha value is -1.89. The smallest absolute Gasteiger partial charge is 0.243 e. The van der Waals surface area contributed by atoms with Gasteiger partial charge in [-0.25, -0.2) is 0 Å². The third kappa shape index (κ3) is 2.01. The van der Waals surface area contributed by atoms with Crippen molar-refractivity contribution in [1.29, 1.82) is 0 Å². The topological polar surface area (TPSA) is 98.6 Å². The monoisotopic (exact) mass is 237 g/mol. The summed E-state index contributed by atoms with van der Waals surface area (Å²) < 4.78 is 6.68. The van der Waals surface area contributed by atoms with E-state index in [4.69, 9.17) is 10.5 Å². The summed E-state index contributed by atoms with van der Waals surface area (Å²) in [6.45, 7) is 5.64. The van der Waals surface area contributed by atoms with Crippen molar-refractivity contribution in [3.63, 3.8) is 0 Å². The molecule has 2 aromatic heterocycles. The number of aliphatic hydroxyl groups is 1. The van der Waals surface area contributed by atoms with Crippen molar-refractivity contribution in [3.05, 3.63) is 11.6 Å². The van der Waals surface area contributed by atoms with Crippen molar-refractivity contribution in [2.75, 3.05) is 12.3 Å². The highest BCUT2D eigenvalue weighted by atomic mass is 16.5. The molecular weight excluding hydrogens is 222 g/mol. The lowest BCUT2D eigenvalue weighted by Gasteiger charge is -2.18. The summed E-state index contributed by atoms with van der Waals surface area (Å²) in [5, 5.41) is 21.8. The first-order valence-electron chi connectivity index (χ1n) is 5.31. The number of nitrogen functional groups attached to an aromatic ring is 1. The largest absolute Gasteiger partial charge is 0.477 e. The average Bonchev–Trinajstić information content (AvgIpc) is 2.59. The van der Waals surface area contributed by atoms with Crippen molar-refractivity contribution >= 4 is 11.6 Å². The maximum Gasteiger partial charge on any atom is 0.243 e. The molecule has 0 aliphatic heterocycles. The van der Waals surface area contributed by atoms with Crippen LogP contribution in [0.25, 0.3) is 5.65 Å². The van der Waals surface area contributed by atoms with Crippen molar-refractivity contribution in [2.45, 2.75) is 26.4 Å².